The lowest BCUT2D eigenvalue weighted by atomic mass is 9.95. The average molecular weight is 359 g/mol. The molecule has 0 aliphatic carbocycles. The summed E-state index contributed by atoms with van der Waals surface area (Å²) in [6.07, 6.45) is 0. The largest absolute Gasteiger partial charge is 0.496 e. The van der Waals surface area contributed by atoms with Gasteiger partial charge in [-0.15, -0.1) is 0 Å². The van der Waals surface area contributed by atoms with Gasteiger partial charge >= 0.3 is 0 Å². The van der Waals surface area contributed by atoms with Gasteiger partial charge < -0.3 is 10.5 Å². The molecule has 0 aliphatic rings. The molecule has 1 atom stereocenters. The quantitative estimate of drug-likeness (QED) is 0.870. The van der Waals surface area contributed by atoms with Crippen molar-refractivity contribution in [3.05, 3.63) is 62.3 Å². The van der Waals surface area contributed by atoms with Crippen LogP contribution in [0.4, 0.5) is 4.39 Å². The highest BCUT2D eigenvalue weighted by molar-refractivity contribution is 9.10. The molecule has 2 rings (SSSR count). The van der Waals surface area contributed by atoms with Crippen molar-refractivity contribution in [2.24, 2.45) is 5.73 Å². The summed E-state index contributed by atoms with van der Waals surface area (Å²) in [7, 11) is 1.49. The lowest BCUT2D eigenvalue weighted by molar-refractivity contribution is 0.404. The Kier molecular flexibility index (Phi) is 4.68. The summed E-state index contributed by atoms with van der Waals surface area (Å²) in [5.41, 5.74) is 8.79. The summed E-state index contributed by atoms with van der Waals surface area (Å²) in [4.78, 5) is 0. The van der Waals surface area contributed by atoms with Crippen molar-refractivity contribution in [1.82, 2.24) is 0 Å². The first-order valence-electron chi connectivity index (χ1n) is 5.99. The van der Waals surface area contributed by atoms with Gasteiger partial charge in [0.15, 0.2) is 0 Å². The first kappa shape index (κ1) is 15.3. The molecular formula is C15H14BrClFNO. The molecule has 0 aromatic heterocycles. The second kappa shape index (κ2) is 6.12. The summed E-state index contributed by atoms with van der Waals surface area (Å²) < 4.78 is 19.1. The maximum Gasteiger partial charge on any atom is 0.141 e. The van der Waals surface area contributed by atoms with Crippen molar-refractivity contribution >= 4 is 27.5 Å². The Balaban J connectivity index is 2.55. The van der Waals surface area contributed by atoms with Crippen LogP contribution in [0.3, 0.4) is 0 Å². The maximum atomic E-state index is 13.6. The Hall–Kier alpha value is -1.10. The second-order valence-electron chi connectivity index (χ2n) is 4.44. The van der Waals surface area contributed by atoms with Crippen LogP contribution in [0.1, 0.15) is 22.7 Å². The summed E-state index contributed by atoms with van der Waals surface area (Å²) in [6.45, 7) is 1.91. The molecular weight excluding hydrogens is 345 g/mol. The van der Waals surface area contributed by atoms with E-state index < -0.39 is 6.04 Å². The van der Waals surface area contributed by atoms with Crippen LogP contribution in [0.2, 0.25) is 5.02 Å². The average Bonchev–Trinajstić information content (AvgIpc) is 2.43. The number of rotatable bonds is 3. The van der Waals surface area contributed by atoms with Gasteiger partial charge in [0.2, 0.25) is 0 Å². The summed E-state index contributed by atoms with van der Waals surface area (Å²) in [6, 6.07) is 8.07. The third kappa shape index (κ3) is 2.82. The van der Waals surface area contributed by atoms with Gasteiger partial charge in [0.05, 0.1) is 17.6 Å². The fourth-order valence-corrected chi connectivity index (χ4v) is 2.64. The minimum absolute atomic E-state index is 0.350. The number of nitrogens with two attached hydrogens (primary N) is 1. The minimum Gasteiger partial charge on any atom is -0.496 e. The molecule has 5 heteroatoms. The highest BCUT2D eigenvalue weighted by Crippen LogP contribution is 2.35. The van der Waals surface area contributed by atoms with Crippen LogP contribution >= 0.6 is 27.5 Å². The van der Waals surface area contributed by atoms with Gasteiger partial charge in [-0.3, -0.25) is 0 Å². The van der Waals surface area contributed by atoms with Crippen LogP contribution in [0.5, 0.6) is 5.75 Å². The number of ether oxygens (including phenoxy) is 1. The third-order valence-electron chi connectivity index (χ3n) is 3.25. The van der Waals surface area contributed by atoms with E-state index in [0.717, 1.165) is 11.1 Å². The fraction of sp³-hybridized carbons (Fsp3) is 0.200. The van der Waals surface area contributed by atoms with Crippen molar-refractivity contribution in [3.8, 4) is 5.75 Å². The van der Waals surface area contributed by atoms with E-state index in [1.807, 2.05) is 25.1 Å². The number of hydrogen-bond acceptors (Lipinski definition) is 2. The molecule has 0 saturated carbocycles. The van der Waals surface area contributed by atoms with Crippen molar-refractivity contribution in [2.45, 2.75) is 13.0 Å². The van der Waals surface area contributed by atoms with E-state index in [1.54, 1.807) is 6.07 Å². The molecule has 2 aromatic carbocycles. The second-order valence-corrected chi connectivity index (χ2v) is 5.70. The molecule has 0 amide bonds. The van der Waals surface area contributed by atoms with Gasteiger partial charge in [-0.05, 0) is 46.1 Å². The molecule has 106 valence electrons. The number of benzene rings is 2. The molecule has 0 bridgehead atoms. The summed E-state index contributed by atoms with van der Waals surface area (Å²) in [5.74, 6) is 0.0261. The van der Waals surface area contributed by atoms with Gasteiger partial charge in [0, 0.05) is 16.7 Å². The molecule has 0 radical (unpaired) electrons. The predicted molar refractivity (Wildman–Crippen MR) is 82.9 cm³/mol. The monoisotopic (exact) mass is 357 g/mol. The Morgan fingerprint density at radius 1 is 1.30 bits per heavy atom. The smallest absolute Gasteiger partial charge is 0.141 e. The fourth-order valence-electron chi connectivity index (χ4n) is 2.09. The van der Waals surface area contributed by atoms with Gasteiger partial charge in [0.1, 0.15) is 11.6 Å². The zero-order valence-corrected chi connectivity index (χ0v) is 13.4. The van der Waals surface area contributed by atoms with Crippen molar-refractivity contribution in [2.75, 3.05) is 7.11 Å². The molecule has 0 heterocycles. The van der Waals surface area contributed by atoms with E-state index >= 15 is 0 Å². The van der Waals surface area contributed by atoms with Crippen molar-refractivity contribution in [3.63, 3.8) is 0 Å². The molecule has 1 unspecified atom stereocenters. The van der Waals surface area contributed by atoms with Crippen LogP contribution in [0.25, 0.3) is 0 Å². The lowest BCUT2D eigenvalue weighted by Gasteiger charge is -2.19. The molecule has 0 fully saturated rings. The zero-order chi connectivity index (χ0) is 14.9. The van der Waals surface area contributed by atoms with Gasteiger partial charge in [-0.1, -0.05) is 23.7 Å². The van der Waals surface area contributed by atoms with Crippen LogP contribution in [-0.2, 0) is 0 Å². The van der Waals surface area contributed by atoms with Crippen LogP contribution in [-0.4, -0.2) is 7.11 Å². The topological polar surface area (TPSA) is 35.2 Å². The zero-order valence-electron chi connectivity index (χ0n) is 11.1. The molecule has 20 heavy (non-hydrogen) atoms. The third-order valence-corrected chi connectivity index (χ3v) is 4.27. The summed E-state index contributed by atoms with van der Waals surface area (Å²) >= 11 is 9.29. The SMILES string of the molecule is COc1cc(F)c(Br)cc1C(N)c1cccc(Cl)c1C. The van der Waals surface area contributed by atoms with Crippen LogP contribution < -0.4 is 10.5 Å². The van der Waals surface area contributed by atoms with Gasteiger partial charge in [0.25, 0.3) is 0 Å². The van der Waals surface area contributed by atoms with E-state index in [-0.39, 0.29) is 5.82 Å². The minimum atomic E-state index is -0.444. The number of methoxy groups -OCH3 is 1. The van der Waals surface area contributed by atoms with Gasteiger partial charge in [-0.25, -0.2) is 4.39 Å². The molecule has 0 saturated heterocycles. The standard InChI is InChI=1S/C15H14BrClFNO/c1-8-9(4-3-5-12(8)17)15(19)10-6-11(16)13(18)7-14(10)20-2/h3-7,15H,19H2,1-2H3. The van der Waals surface area contributed by atoms with E-state index in [0.29, 0.717) is 20.8 Å². The molecule has 2 nitrogen and oxygen atoms in total. The van der Waals surface area contributed by atoms with Crippen LogP contribution in [0.15, 0.2) is 34.8 Å². The Morgan fingerprint density at radius 2 is 2.00 bits per heavy atom. The van der Waals surface area contributed by atoms with Crippen molar-refractivity contribution in [1.29, 1.82) is 0 Å². The first-order chi connectivity index (χ1) is 9.45. The molecule has 0 spiro atoms. The molecule has 0 aliphatic heterocycles. The van der Waals surface area contributed by atoms with E-state index in [2.05, 4.69) is 15.9 Å². The Labute approximate surface area is 130 Å². The summed E-state index contributed by atoms with van der Waals surface area (Å²) in [5, 5.41) is 0.651. The van der Waals surface area contributed by atoms with Crippen LogP contribution in [0, 0.1) is 12.7 Å². The predicted octanol–water partition coefficient (Wildman–Crippen LogP) is 4.61. The maximum absolute atomic E-state index is 13.6. The first-order valence-corrected chi connectivity index (χ1v) is 7.16. The Morgan fingerprint density at radius 3 is 2.65 bits per heavy atom. The molecule has 2 N–H and O–H groups in total. The van der Waals surface area contributed by atoms with E-state index in [4.69, 9.17) is 22.1 Å². The highest BCUT2D eigenvalue weighted by atomic mass is 79.9. The highest BCUT2D eigenvalue weighted by Gasteiger charge is 2.19. The number of hydrogen-bond donors (Lipinski definition) is 1. The van der Waals surface area contributed by atoms with Gasteiger partial charge in [-0.2, -0.15) is 0 Å². The lowest BCUT2D eigenvalue weighted by Crippen LogP contribution is -2.15. The van der Waals surface area contributed by atoms with Crippen molar-refractivity contribution < 1.29 is 9.13 Å². The molecule has 2 aromatic rings. The van der Waals surface area contributed by atoms with E-state index in [1.165, 1.54) is 13.2 Å². The van der Waals surface area contributed by atoms with E-state index in [9.17, 15) is 4.39 Å². The Bertz CT molecular complexity index is 648. The normalized spacial score (nSPS) is 12.3. The number of halogens is 3.